The Morgan fingerprint density at radius 2 is 1.91 bits per heavy atom. The predicted octanol–water partition coefficient (Wildman–Crippen LogP) is 3.86. The number of nitriles is 1. The van der Waals surface area contributed by atoms with Crippen LogP contribution in [0.1, 0.15) is 37.1 Å². The van der Waals surface area contributed by atoms with Crippen LogP contribution in [0.4, 0.5) is 5.82 Å². The Morgan fingerprint density at radius 3 is 2.45 bits per heavy atom. The van der Waals surface area contributed by atoms with Crippen LogP contribution in [-0.4, -0.2) is 11.6 Å². The van der Waals surface area contributed by atoms with Gasteiger partial charge in [0.2, 0.25) is 0 Å². The standard InChI is InChI=1S/C18H21N3O/c1-4-10-22-14-8-6-13(7-9-14)17-12(3)16(5-2)21-18(20)15(17)11-19/h6-9H,4-5,10H2,1-3H3,(H2,20,21). The first kappa shape index (κ1) is 15.8. The lowest BCUT2D eigenvalue weighted by atomic mass is 9.94. The second-order valence-electron chi connectivity index (χ2n) is 5.16. The van der Waals surface area contributed by atoms with Gasteiger partial charge in [-0.05, 0) is 43.0 Å². The number of pyridine rings is 1. The van der Waals surface area contributed by atoms with Gasteiger partial charge in [-0.2, -0.15) is 5.26 Å². The molecule has 0 unspecified atom stereocenters. The summed E-state index contributed by atoms with van der Waals surface area (Å²) in [5.74, 6) is 1.13. The molecule has 0 aliphatic heterocycles. The van der Waals surface area contributed by atoms with Crippen molar-refractivity contribution in [2.24, 2.45) is 0 Å². The van der Waals surface area contributed by atoms with E-state index in [4.69, 9.17) is 10.5 Å². The summed E-state index contributed by atoms with van der Waals surface area (Å²) in [4.78, 5) is 4.34. The van der Waals surface area contributed by atoms with E-state index in [0.29, 0.717) is 18.0 Å². The minimum absolute atomic E-state index is 0.297. The van der Waals surface area contributed by atoms with Crippen molar-refractivity contribution in [1.82, 2.24) is 4.98 Å². The molecule has 114 valence electrons. The first-order valence-electron chi connectivity index (χ1n) is 7.54. The Bertz CT molecular complexity index is 699. The molecule has 2 rings (SSSR count). The van der Waals surface area contributed by atoms with Crippen LogP contribution in [0.2, 0.25) is 0 Å². The Morgan fingerprint density at radius 1 is 1.23 bits per heavy atom. The van der Waals surface area contributed by atoms with Crippen LogP contribution in [0.3, 0.4) is 0 Å². The fraction of sp³-hybridized carbons (Fsp3) is 0.333. The van der Waals surface area contributed by atoms with Gasteiger partial charge in [-0.1, -0.05) is 26.0 Å². The highest BCUT2D eigenvalue weighted by molar-refractivity contribution is 5.79. The zero-order valence-corrected chi connectivity index (χ0v) is 13.3. The van der Waals surface area contributed by atoms with Gasteiger partial charge in [-0.3, -0.25) is 0 Å². The molecule has 4 nitrogen and oxygen atoms in total. The smallest absolute Gasteiger partial charge is 0.142 e. The molecule has 0 spiro atoms. The van der Waals surface area contributed by atoms with Gasteiger partial charge in [0.25, 0.3) is 0 Å². The van der Waals surface area contributed by atoms with E-state index in [1.54, 1.807) is 0 Å². The summed E-state index contributed by atoms with van der Waals surface area (Å²) in [7, 11) is 0. The molecule has 0 aliphatic carbocycles. The summed E-state index contributed by atoms with van der Waals surface area (Å²) in [6, 6.07) is 9.96. The summed E-state index contributed by atoms with van der Waals surface area (Å²) >= 11 is 0. The number of rotatable bonds is 5. The minimum atomic E-state index is 0.297. The normalized spacial score (nSPS) is 10.3. The van der Waals surface area contributed by atoms with Gasteiger partial charge in [0.1, 0.15) is 23.2 Å². The van der Waals surface area contributed by atoms with Gasteiger partial charge in [-0.25, -0.2) is 4.98 Å². The van der Waals surface area contributed by atoms with Crippen molar-refractivity contribution in [3.05, 3.63) is 41.1 Å². The molecule has 22 heavy (non-hydrogen) atoms. The van der Waals surface area contributed by atoms with Crippen LogP contribution in [-0.2, 0) is 6.42 Å². The largest absolute Gasteiger partial charge is 0.494 e. The van der Waals surface area contributed by atoms with Crippen molar-refractivity contribution in [3.63, 3.8) is 0 Å². The van der Waals surface area contributed by atoms with E-state index in [-0.39, 0.29) is 0 Å². The highest BCUT2D eigenvalue weighted by atomic mass is 16.5. The van der Waals surface area contributed by atoms with Crippen molar-refractivity contribution in [1.29, 1.82) is 5.26 Å². The van der Waals surface area contributed by atoms with E-state index in [9.17, 15) is 5.26 Å². The lowest BCUT2D eigenvalue weighted by molar-refractivity contribution is 0.317. The molecule has 0 saturated heterocycles. The zero-order valence-electron chi connectivity index (χ0n) is 13.3. The van der Waals surface area contributed by atoms with Gasteiger partial charge in [0, 0.05) is 11.3 Å². The summed E-state index contributed by atoms with van der Waals surface area (Å²) < 4.78 is 5.60. The molecule has 4 heteroatoms. The lowest BCUT2D eigenvalue weighted by Crippen LogP contribution is -2.05. The molecular formula is C18H21N3O. The van der Waals surface area contributed by atoms with Crippen molar-refractivity contribution in [3.8, 4) is 22.9 Å². The molecule has 0 aliphatic rings. The fourth-order valence-corrected chi connectivity index (χ4v) is 2.50. The summed E-state index contributed by atoms with van der Waals surface area (Å²) in [6.07, 6.45) is 1.76. The van der Waals surface area contributed by atoms with Crippen LogP contribution in [0.15, 0.2) is 24.3 Å². The maximum absolute atomic E-state index is 9.42. The molecule has 0 bridgehead atoms. The Hall–Kier alpha value is -2.54. The average Bonchev–Trinajstić information content (AvgIpc) is 2.54. The van der Waals surface area contributed by atoms with Crippen LogP contribution in [0.5, 0.6) is 5.75 Å². The van der Waals surface area contributed by atoms with Crippen molar-refractivity contribution >= 4 is 5.82 Å². The first-order chi connectivity index (χ1) is 10.6. The maximum atomic E-state index is 9.42. The number of nitrogens with two attached hydrogens (primary N) is 1. The molecule has 1 aromatic carbocycles. The minimum Gasteiger partial charge on any atom is -0.494 e. The Labute approximate surface area is 131 Å². The molecular weight excluding hydrogens is 274 g/mol. The van der Waals surface area contributed by atoms with Crippen LogP contribution < -0.4 is 10.5 Å². The number of nitrogen functional groups attached to an aromatic ring is 1. The summed E-state index contributed by atoms with van der Waals surface area (Å²) in [5, 5.41) is 9.42. The summed E-state index contributed by atoms with van der Waals surface area (Å²) in [5.41, 5.74) is 10.2. The predicted molar refractivity (Wildman–Crippen MR) is 88.7 cm³/mol. The maximum Gasteiger partial charge on any atom is 0.142 e. The van der Waals surface area contributed by atoms with E-state index in [0.717, 1.165) is 41.0 Å². The number of anilines is 1. The third-order valence-corrected chi connectivity index (χ3v) is 3.63. The number of hydrogen-bond acceptors (Lipinski definition) is 4. The molecule has 0 amide bonds. The number of ether oxygens (including phenoxy) is 1. The van der Waals surface area contributed by atoms with Gasteiger partial charge in [0.05, 0.1) is 6.61 Å². The number of hydrogen-bond donors (Lipinski definition) is 1. The molecule has 0 atom stereocenters. The molecule has 0 fully saturated rings. The summed E-state index contributed by atoms with van der Waals surface area (Å²) in [6.45, 7) is 6.79. The SMILES string of the molecule is CCCOc1ccc(-c2c(C)c(CC)nc(N)c2C#N)cc1. The number of aromatic nitrogens is 1. The number of nitrogens with zero attached hydrogens (tertiary/aromatic N) is 2. The first-order valence-corrected chi connectivity index (χ1v) is 7.54. The van der Waals surface area contributed by atoms with Crippen LogP contribution >= 0.6 is 0 Å². The van der Waals surface area contributed by atoms with Crippen LogP contribution in [0.25, 0.3) is 11.1 Å². The number of aryl methyl sites for hydroxylation is 1. The van der Waals surface area contributed by atoms with Gasteiger partial charge < -0.3 is 10.5 Å². The highest BCUT2D eigenvalue weighted by Gasteiger charge is 2.16. The third kappa shape index (κ3) is 3.04. The van der Waals surface area contributed by atoms with Crippen molar-refractivity contribution in [2.75, 3.05) is 12.3 Å². The van der Waals surface area contributed by atoms with E-state index in [2.05, 4.69) is 18.0 Å². The van der Waals surface area contributed by atoms with E-state index in [1.807, 2.05) is 38.1 Å². The Kier molecular flexibility index (Phi) is 5.00. The monoisotopic (exact) mass is 295 g/mol. The molecule has 2 N–H and O–H groups in total. The van der Waals surface area contributed by atoms with Crippen molar-refractivity contribution in [2.45, 2.75) is 33.6 Å². The highest BCUT2D eigenvalue weighted by Crippen LogP contribution is 2.32. The molecule has 0 saturated carbocycles. The van der Waals surface area contributed by atoms with Crippen molar-refractivity contribution < 1.29 is 4.74 Å². The second-order valence-corrected chi connectivity index (χ2v) is 5.16. The van der Waals surface area contributed by atoms with Gasteiger partial charge >= 0.3 is 0 Å². The molecule has 1 aromatic heterocycles. The molecule has 1 heterocycles. The fourth-order valence-electron chi connectivity index (χ4n) is 2.50. The molecule has 0 radical (unpaired) electrons. The Balaban J connectivity index is 2.52. The van der Waals surface area contributed by atoms with Gasteiger partial charge in [0.15, 0.2) is 0 Å². The van der Waals surface area contributed by atoms with Gasteiger partial charge in [-0.15, -0.1) is 0 Å². The topological polar surface area (TPSA) is 71.9 Å². The number of benzene rings is 1. The zero-order chi connectivity index (χ0) is 16.1. The van der Waals surface area contributed by atoms with E-state index < -0.39 is 0 Å². The van der Waals surface area contributed by atoms with E-state index in [1.165, 1.54) is 0 Å². The quantitative estimate of drug-likeness (QED) is 0.909. The third-order valence-electron chi connectivity index (χ3n) is 3.63. The molecule has 2 aromatic rings. The van der Waals surface area contributed by atoms with Crippen LogP contribution in [0, 0.1) is 18.3 Å². The van der Waals surface area contributed by atoms with E-state index >= 15 is 0 Å². The average molecular weight is 295 g/mol. The second kappa shape index (κ2) is 6.95. The lowest BCUT2D eigenvalue weighted by Gasteiger charge is -2.14.